The molecular weight excluding hydrogens is 324 g/mol. The lowest BCUT2D eigenvalue weighted by Crippen LogP contribution is -2.06. The summed E-state index contributed by atoms with van der Waals surface area (Å²) in [5.74, 6) is 1.35. The maximum Gasteiger partial charge on any atom is 0.513 e. The molecule has 3 rings (SSSR count). The van der Waals surface area contributed by atoms with Gasteiger partial charge in [0, 0.05) is 0 Å². The van der Waals surface area contributed by atoms with Gasteiger partial charge in [-0.3, -0.25) is 0 Å². The molecule has 3 nitrogen and oxygen atoms in total. The van der Waals surface area contributed by atoms with E-state index < -0.39 is 6.16 Å². The van der Waals surface area contributed by atoms with E-state index in [1.54, 1.807) is 12.1 Å². The molecule has 2 aromatic carbocycles. The molecule has 136 valence electrons. The highest BCUT2D eigenvalue weighted by atomic mass is 16.7. The van der Waals surface area contributed by atoms with Crippen LogP contribution in [-0.4, -0.2) is 13.3 Å². The number of rotatable bonds is 5. The normalized spacial score (nSPS) is 16.7. The van der Waals surface area contributed by atoms with E-state index in [4.69, 9.17) is 4.74 Å². The number of methoxy groups -OCH3 is 1. The molecule has 0 aromatic heterocycles. The van der Waals surface area contributed by atoms with Crippen LogP contribution in [0.5, 0.6) is 5.75 Å². The van der Waals surface area contributed by atoms with Crippen molar-refractivity contribution in [2.45, 2.75) is 39.0 Å². The van der Waals surface area contributed by atoms with Crippen LogP contribution < -0.4 is 4.74 Å². The zero-order valence-corrected chi connectivity index (χ0v) is 15.5. The van der Waals surface area contributed by atoms with Crippen molar-refractivity contribution < 1.29 is 14.3 Å². The van der Waals surface area contributed by atoms with Crippen LogP contribution in [0, 0.1) is 5.92 Å². The number of ether oxygens (including phenoxy) is 2. The molecule has 1 aliphatic carbocycles. The summed E-state index contributed by atoms with van der Waals surface area (Å²) in [5, 5.41) is 0. The Morgan fingerprint density at radius 3 is 2.15 bits per heavy atom. The maximum absolute atomic E-state index is 11.1. The zero-order chi connectivity index (χ0) is 18.4. The van der Waals surface area contributed by atoms with Crippen LogP contribution in [-0.2, 0) is 4.74 Å². The highest BCUT2D eigenvalue weighted by Gasteiger charge is 2.14. The quantitative estimate of drug-likeness (QED) is 0.457. The smallest absolute Gasteiger partial charge is 0.437 e. The van der Waals surface area contributed by atoms with Crippen molar-refractivity contribution in [1.29, 1.82) is 0 Å². The minimum Gasteiger partial charge on any atom is -0.437 e. The van der Waals surface area contributed by atoms with E-state index >= 15 is 0 Å². The Morgan fingerprint density at radius 2 is 1.62 bits per heavy atom. The van der Waals surface area contributed by atoms with Gasteiger partial charge in [0.15, 0.2) is 0 Å². The highest BCUT2D eigenvalue weighted by Crippen LogP contribution is 2.33. The molecule has 0 spiro atoms. The lowest BCUT2D eigenvalue weighted by atomic mass is 9.84. The molecule has 1 atom stereocenters. The van der Waals surface area contributed by atoms with Crippen LogP contribution in [0.1, 0.15) is 44.6 Å². The van der Waals surface area contributed by atoms with Crippen molar-refractivity contribution in [2.75, 3.05) is 7.11 Å². The second kappa shape index (κ2) is 8.70. The fourth-order valence-corrected chi connectivity index (χ4v) is 3.55. The van der Waals surface area contributed by atoms with Crippen LogP contribution in [0.3, 0.4) is 0 Å². The van der Waals surface area contributed by atoms with Crippen LogP contribution in [0.2, 0.25) is 0 Å². The van der Waals surface area contributed by atoms with Crippen LogP contribution in [0.15, 0.2) is 54.6 Å². The number of benzene rings is 2. The molecular formula is C23H26O3. The van der Waals surface area contributed by atoms with Gasteiger partial charge >= 0.3 is 6.16 Å². The van der Waals surface area contributed by atoms with Crippen molar-refractivity contribution in [3.63, 3.8) is 0 Å². The summed E-state index contributed by atoms with van der Waals surface area (Å²) < 4.78 is 9.50. The first-order valence-corrected chi connectivity index (χ1v) is 9.35. The summed E-state index contributed by atoms with van der Waals surface area (Å²) in [5.41, 5.74) is 5.05. The van der Waals surface area contributed by atoms with Gasteiger partial charge in [0.1, 0.15) is 5.75 Å². The van der Waals surface area contributed by atoms with Gasteiger partial charge in [0.05, 0.1) is 7.11 Å². The minimum absolute atomic E-state index is 0.478. The molecule has 2 aromatic rings. The topological polar surface area (TPSA) is 35.5 Å². The first-order valence-electron chi connectivity index (χ1n) is 9.35. The van der Waals surface area contributed by atoms with Gasteiger partial charge < -0.3 is 9.47 Å². The van der Waals surface area contributed by atoms with Gasteiger partial charge in [0.25, 0.3) is 0 Å². The van der Waals surface area contributed by atoms with Crippen molar-refractivity contribution in [3.8, 4) is 16.9 Å². The molecule has 0 bridgehead atoms. The Hall–Kier alpha value is -2.55. The SMILES string of the molecule is CCCC1CC=C(c2ccc(-c3ccc(OC(=O)OC)cc3)cc2)CC1. The van der Waals surface area contributed by atoms with Gasteiger partial charge in [-0.25, -0.2) is 4.79 Å². The molecule has 1 unspecified atom stereocenters. The van der Waals surface area contributed by atoms with Gasteiger partial charge in [-0.15, -0.1) is 0 Å². The second-order valence-electron chi connectivity index (χ2n) is 6.82. The molecule has 0 saturated heterocycles. The predicted octanol–water partition coefficient (Wildman–Crippen LogP) is 6.48. The van der Waals surface area contributed by atoms with Crippen molar-refractivity contribution >= 4 is 11.7 Å². The van der Waals surface area contributed by atoms with Crippen molar-refractivity contribution in [2.24, 2.45) is 5.92 Å². The molecule has 0 N–H and O–H groups in total. The van der Waals surface area contributed by atoms with E-state index in [-0.39, 0.29) is 0 Å². The molecule has 0 heterocycles. The molecule has 1 aliphatic rings. The molecule has 0 radical (unpaired) electrons. The van der Waals surface area contributed by atoms with Gasteiger partial charge in [-0.1, -0.05) is 62.2 Å². The Balaban J connectivity index is 1.67. The first kappa shape index (κ1) is 18.2. The van der Waals surface area contributed by atoms with Gasteiger partial charge in [0.2, 0.25) is 0 Å². The molecule has 0 amide bonds. The Bertz CT molecular complexity index is 757. The number of hydrogen-bond acceptors (Lipinski definition) is 3. The average molecular weight is 350 g/mol. The minimum atomic E-state index is -0.705. The van der Waals surface area contributed by atoms with Gasteiger partial charge in [-0.05, 0) is 59.6 Å². The summed E-state index contributed by atoms with van der Waals surface area (Å²) in [6.07, 6.45) is 8.06. The average Bonchev–Trinajstić information content (AvgIpc) is 2.69. The predicted molar refractivity (Wildman–Crippen MR) is 105 cm³/mol. The van der Waals surface area contributed by atoms with Crippen LogP contribution >= 0.6 is 0 Å². The zero-order valence-electron chi connectivity index (χ0n) is 15.5. The van der Waals surface area contributed by atoms with Crippen LogP contribution in [0.4, 0.5) is 4.79 Å². The van der Waals surface area contributed by atoms with E-state index in [1.165, 1.54) is 50.4 Å². The molecule has 0 saturated carbocycles. The van der Waals surface area contributed by atoms with E-state index in [0.29, 0.717) is 5.75 Å². The standard InChI is InChI=1S/C23H26O3/c1-3-4-17-5-7-18(8-6-17)19-9-11-20(12-10-19)21-13-15-22(16-14-21)26-23(24)25-2/h7,9-17H,3-6,8H2,1-2H3. The lowest BCUT2D eigenvalue weighted by Gasteiger charge is -2.21. The third kappa shape index (κ3) is 4.54. The third-order valence-corrected chi connectivity index (χ3v) is 5.03. The van der Waals surface area contributed by atoms with Crippen molar-refractivity contribution in [1.82, 2.24) is 0 Å². The molecule has 26 heavy (non-hydrogen) atoms. The van der Waals surface area contributed by atoms with E-state index in [0.717, 1.165) is 17.0 Å². The van der Waals surface area contributed by atoms with Crippen molar-refractivity contribution in [3.05, 3.63) is 60.2 Å². The van der Waals surface area contributed by atoms with Gasteiger partial charge in [-0.2, -0.15) is 0 Å². The molecule has 0 fully saturated rings. The monoisotopic (exact) mass is 350 g/mol. The highest BCUT2D eigenvalue weighted by molar-refractivity contribution is 5.71. The fourth-order valence-electron chi connectivity index (χ4n) is 3.55. The van der Waals surface area contributed by atoms with E-state index in [2.05, 4.69) is 42.0 Å². The van der Waals surface area contributed by atoms with E-state index in [9.17, 15) is 4.79 Å². The summed E-state index contributed by atoms with van der Waals surface area (Å²) in [7, 11) is 1.30. The largest absolute Gasteiger partial charge is 0.513 e. The number of carbonyl (C=O) groups is 1. The summed E-state index contributed by atoms with van der Waals surface area (Å²) in [6.45, 7) is 2.27. The summed E-state index contributed by atoms with van der Waals surface area (Å²) >= 11 is 0. The lowest BCUT2D eigenvalue weighted by molar-refractivity contribution is 0.121. The molecule has 0 aliphatic heterocycles. The Morgan fingerprint density at radius 1 is 1.00 bits per heavy atom. The Labute approximate surface area is 155 Å². The summed E-state index contributed by atoms with van der Waals surface area (Å²) in [6, 6.07) is 16.2. The molecule has 3 heteroatoms. The maximum atomic E-state index is 11.1. The summed E-state index contributed by atoms with van der Waals surface area (Å²) in [4.78, 5) is 11.1. The fraction of sp³-hybridized carbons (Fsp3) is 0.348. The first-order chi connectivity index (χ1) is 12.7. The Kier molecular flexibility index (Phi) is 6.11. The number of carbonyl (C=O) groups excluding carboxylic acids is 1. The van der Waals surface area contributed by atoms with E-state index in [1.807, 2.05) is 12.1 Å². The van der Waals surface area contributed by atoms with Crippen LogP contribution in [0.25, 0.3) is 16.7 Å². The second-order valence-corrected chi connectivity index (χ2v) is 6.82. The third-order valence-electron chi connectivity index (χ3n) is 5.03. The number of allylic oxidation sites excluding steroid dienone is 2. The number of hydrogen-bond donors (Lipinski definition) is 0.